The first-order chi connectivity index (χ1) is 7.63. The predicted octanol–water partition coefficient (Wildman–Crippen LogP) is 0.326. The lowest BCUT2D eigenvalue weighted by Gasteiger charge is -2.19. The van der Waals surface area contributed by atoms with Gasteiger partial charge in [-0.25, -0.2) is 0 Å². The highest BCUT2D eigenvalue weighted by molar-refractivity contribution is 5.85. The van der Waals surface area contributed by atoms with Crippen molar-refractivity contribution in [2.75, 3.05) is 6.61 Å². The molecule has 0 aromatic rings. The quantitative estimate of drug-likeness (QED) is 0.642. The van der Waals surface area contributed by atoms with E-state index in [0.717, 1.165) is 12.8 Å². The SMILES string of the molecule is CCOC(=O)CC(NC1CCCC1)C(N)=O. The van der Waals surface area contributed by atoms with Crippen LogP contribution in [0.3, 0.4) is 0 Å². The van der Waals surface area contributed by atoms with Crippen LogP contribution in [0.15, 0.2) is 0 Å². The number of nitrogens with one attached hydrogen (secondary N) is 1. The molecule has 1 fully saturated rings. The van der Waals surface area contributed by atoms with Crippen molar-refractivity contribution in [3.8, 4) is 0 Å². The number of hydrogen-bond acceptors (Lipinski definition) is 4. The zero-order valence-electron chi connectivity index (χ0n) is 9.70. The van der Waals surface area contributed by atoms with E-state index in [1.807, 2.05) is 0 Å². The Morgan fingerprint density at radius 1 is 1.44 bits per heavy atom. The molecule has 0 spiro atoms. The van der Waals surface area contributed by atoms with Gasteiger partial charge < -0.3 is 15.8 Å². The molecule has 0 heterocycles. The Morgan fingerprint density at radius 2 is 2.06 bits per heavy atom. The number of primary amides is 1. The van der Waals surface area contributed by atoms with Crippen LogP contribution in [0.25, 0.3) is 0 Å². The molecule has 5 heteroatoms. The summed E-state index contributed by atoms with van der Waals surface area (Å²) < 4.78 is 4.80. The number of carbonyl (C=O) groups is 2. The predicted molar refractivity (Wildman–Crippen MR) is 59.6 cm³/mol. The van der Waals surface area contributed by atoms with E-state index >= 15 is 0 Å². The summed E-state index contributed by atoms with van der Waals surface area (Å²) >= 11 is 0. The van der Waals surface area contributed by atoms with Crippen molar-refractivity contribution in [2.45, 2.75) is 51.1 Å². The second-order valence-electron chi connectivity index (χ2n) is 4.11. The molecule has 16 heavy (non-hydrogen) atoms. The summed E-state index contributed by atoms with van der Waals surface area (Å²) in [6.07, 6.45) is 4.46. The molecule has 92 valence electrons. The molecule has 0 aromatic carbocycles. The highest BCUT2D eigenvalue weighted by atomic mass is 16.5. The number of amides is 1. The van der Waals surface area contributed by atoms with E-state index in [0.29, 0.717) is 12.6 Å². The lowest BCUT2D eigenvalue weighted by Crippen LogP contribution is -2.46. The van der Waals surface area contributed by atoms with E-state index in [1.54, 1.807) is 6.92 Å². The normalized spacial score (nSPS) is 18.3. The minimum Gasteiger partial charge on any atom is -0.466 e. The van der Waals surface area contributed by atoms with Crippen LogP contribution in [0.1, 0.15) is 39.0 Å². The smallest absolute Gasteiger partial charge is 0.307 e. The first kappa shape index (κ1) is 13.0. The highest BCUT2D eigenvalue weighted by Crippen LogP contribution is 2.18. The Bertz CT molecular complexity index is 250. The van der Waals surface area contributed by atoms with E-state index < -0.39 is 11.9 Å². The van der Waals surface area contributed by atoms with Gasteiger partial charge in [0.05, 0.1) is 19.1 Å². The summed E-state index contributed by atoms with van der Waals surface area (Å²) in [5, 5.41) is 3.13. The van der Waals surface area contributed by atoms with Crippen molar-refractivity contribution in [2.24, 2.45) is 5.73 Å². The summed E-state index contributed by atoms with van der Waals surface area (Å²) in [6, 6.07) is -0.283. The van der Waals surface area contributed by atoms with Crippen LogP contribution in [-0.4, -0.2) is 30.6 Å². The number of esters is 1. The Kier molecular flexibility index (Phi) is 5.25. The molecule has 0 aliphatic heterocycles. The van der Waals surface area contributed by atoms with Gasteiger partial charge in [0.15, 0.2) is 0 Å². The lowest BCUT2D eigenvalue weighted by molar-refractivity contribution is -0.145. The molecule has 0 saturated heterocycles. The van der Waals surface area contributed by atoms with E-state index in [4.69, 9.17) is 10.5 Å². The van der Waals surface area contributed by atoms with Crippen molar-refractivity contribution >= 4 is 11.9 Å². The van der Waals surface area contributed by atoms with Crippen LogP contribution >= 0.6 is 0 Å². The van der Waals surface area contributed by atoms with Gasteiger partial charge in [-0.05, 0) is 19.8 Å². The second kappa shape index (κ2) is 6.48. The fourth-order valence-electron chi connectivity index (χ4n) is 2.01. The first-order valence-electron chi connectivity index (χ1n) is 5.84. The van der Waals surface area contributed by atoms with Crippen molar-refractivity contribution in [1.29, 1.82) is 0 Å². The summed E-state index contributed by atoms with van der Waals surface area (Å²) in [7, 11) is 0. The lowest BCUT2D eigenvalue weighted by atomic mass is 10.1. The number of carbonyl (C=O) groups excluding carboxylic acids is 2. The molecule has 1 unspecified atom stereocenters. The van der Waals surface area contributed by atoms with Gasteiger partial charge in [-0.2, -0.15) is 0 Å². The van der Waals surface area contributed by atoms with Gasteiger partial charge in [-0.15, -0.1) is 0 Å². The highest BCUT2D eigenvalue weighted by Gasteiger charge is 2.25. The maximum Gasteiger partial charge on any atom is 0.307 e. The van der Waals surface area contributed by atoms with E-state index in [9.17, 15) is 9.59 Å². The zero-order chi connectivity index (χ0) is 12.0. The van der Waals surface area contributed by atoms with Crippen LogP contribution in [0, 0.1) is 0 Å². The number of nitrogens with two attached hydrogens (primary N) is 1. The largest absolute Gasteiger partial charge is 0.466 e. The van der Waals surface area contributed by atoms with Crippen LogP contribution in [0.4, 0.5) is 0 Å². The second-order valence-corrected chi connectivity index (χ2v) is 4.11. The molecule has 0 aromatic heterocycles. The molecule has 1 aliphatic rings. The summed E-state index contributed by atoms with van der Waals surface area (Å²) in [6.45, 7) is 2.06. The van der Waals surface area contributed by atoms with E-state index in [1.165, 1.54) is 12.8 Å². The maximum atomic E-state index is 11.3. The molecule has 0 bridgehead atoms. The minimum absolute atomic E-state index is 0.0275. The Hall–Kier alpha value is -1.10. The molecule has 1 aliphatic carbocycles. The van der Waals surface area contributed by atoms with Gasteiger partial charge in [-0.3, -0.25) is 9.59 Å². The molecule has 0 radical (unpaired) electrons. The van der Waals surface area contributed by atoms with Crippen LogP contribution in [-0.2, 0) is 14.3 Å². The Labute approximate surface area is 95.7 Å². The number of rotatable bonds is 6. The molecule has 1 atom stereocenters. The van der Waals surface area contributed by atoms with E-state index in [-0.39, 0.29) is 12.4 Å². The third kappa shape index (κ3) is 4.18. The van der Waals surface area contributed by atoms with E-state index in [2.05, 4.69) is 5.32 Å². The molecule has 1 rings (SSSR count). The summed E-state index contributed by atoms with van der Waals surface area (Å²) in [5.74, 6) is -0.864. The Morgan fingerprint density at radius 3 is 2.56 bits per heavy atom. The monoisotopic (exact) mass is 228 g/mol. The first-order valence-corrected chi connectivity index (χ1v) is 5.84. The number of ether oxygens (including phenoxy) is 1. The molecular formula is C11H20N2O3. The van der Waals surface area contributed by atoms with Gasteiger partial charge in [0.25, 0.3) is 0 Å². The van der Waals surface area contributed by atoms with Gasteiger partial charge in [-0.1, -0.05) is 12.8 Å². The zero-order valence-corrected chi connectivity index (χ0v) is 9.70. The minimum atomic E-state index is -0.595. The Balaban J connectivity index is 2.40. The van der Waals surface area contributed by atoms with Gasteiger partial charge in [0.2, 0.25) is 5.91 Å². The van der Waals surface area contributed by atoms with Crippen molar-refractivity contribution < 1.29 is 14.3 Å². The van der Waals surface area contributed by atoms with Gasteiger partial charge in [0.1, 0.15) is 0 Å². The fraction of sp³-hybridized carbons (Fsp3) is 0.818. The third-order valence-electron chi connectivity index (χ3n) is 2.81. The molecule has 3 N–H and O–H groups in total. The van der Waals surface area contributed by atoms with Gasteiger partial charge in [0, 0.05) is 6.04 Å². The molecule has 1 saturated carbocycles. The summed E-state index contributed by atoms with van der Waals surface area (Å²) in [5.41, 5.74) is 5.25. The fourth-order valence-corrected chi connectivity index (χ4v) is 2.01. The molecule has 1 amide bonds. The summed E-state index contributed by atoms with van der Waals surface area (Å²) in [4.78, 5) is 22.4. The third-order valence-corrected chi connectivity index (χ3v) is 2.81. The van der Waals surface area contributed by atoms with Crippen molar-refractivity contribution in [3.05, 3.63) is 0 Å². The maximum absolute atomic E-state index is 11.3. The number of hydrogen-bond donors (Lipinski definition) is 2. The van der Waals surface area contributed by atoms with Crippen molar-refractivity contribution in [1.82, 2.24) is 5.32 Å². The van der Waals surface area contributed by atoms with Crippen LogP contribution in [0.2, 0.25) is 0 Å². The molecule has 5 nitrogen and oxygen atoms in total. The topological polar surface area (TPSA) is 81.4 Å². The van der Waals surface area contributed by atoms with Gasteiger partial charge >= 0.3 is 5.97 Å². The standard InChI is InChI=1S/C11H20N2O3/c1-2-16-10(14)7-9(11(12)15)13-8-5-3-4-6-8/h8-9,13H,2-7H2,1H3,(H2,12,15). The van der Waals surface area contributed by atoms with Crippen LogP contribution < -0.4 is 11.1 Å². The average molecular weight is 228 g/mol. The average Bonchev–Trinajstić information content (AvgIpc) is 2.69. The van der Waals surface area contributed by atoms with Crippen LogP contribution in [0.5, 0.6) is 0 Å². The molecular weight excluding hydrogens is 208 g/mol. The van der Waals surface area contributed by atoms with Crippen molar-refractivity contribution in [3.63, 3.8) is 0 Å².